The monoisotopic (exact) mass is 371 g/mol. The summed E-state index contributed by atoms with van der Waals surface area (Å²) in [6, 6.07) is 6.02. The summed E-state index contributed by atoms with van der Waals surface area (Å²) in [5.74, 6) is 0.807. The molecule has 1 aromatic rings. The van der Waals surface area contributed by atoms with Crippen molar-refractivity contribution in [1.82, 2.24) is 4.90 Å². The zero-order chi connectivity index (χ0) is 19.4. The van der Waals surface area contributed by atoms with Crippen molar-refractivity contribution in [3.8, 4) is 5.75 Å². The smallest absolute Gasteiger partial charge is 0.225 e. The standard InChI is InChI=1S/C23H33NO3/c1-22(2)20-14-16-13-17(25)7-10-19(16)23(22,3)11-12-24(20)21(26)15-5-8-18(27-4)9-6-15/h7,10,13,15,18,20,25H,5-6,8-9,11-12,14H2,1-4H3. The molecule has 1 amide bonds. The van der Waals surface area contributed by atoms with Crippen LogP contribution in [-0.4, -0.2) is 41.7 Å². The van der Waals surface area contributed by atoms with Crippen molar-refractivity contribution in [2.75, 3.05) is 13.7 Å². The molecule has 1 saturated carbocycles. The molecule has 148 valence electrons. The Kier molecular flexibility index (Phi) is 4.53. The quantitative estimate of drug-likeness (QED) is 0.854. The molecule has 1 saturated heterocycles. The predicted octanol–water partition coefficient (Wildman–Crippen LogP) is 4.04. The minimum absolute atomic E-state index is 0.00855. The Morgan fingerprint density at radius 2 is 1.89 bits per heavy atom. The number of nitrogens with zero attached hydrogens (tertiary/aromatic N) is 1. The van der Waals surface area contributed by atoms with E-state index in [9.17, 15) is 9.90 Å². The van der Waals surface area contributed by atoms with E-state index in [1.165, 1.54) is 11.1 Å². The first kappa shape index (κ1) is 18.8. The molecule has 1 heterocycles. The van der Waals surface area contributed by atoms with E-state index in [4.69, 9.17) is 4.74 Å². The van der Waals surface area contributed by atoms with Crippen molar-refractivity contribution in [2.24, 2.45) is 11.3 Å². The first-order chi connectivity index (χ1) is 12.8. The van der Waals surface area contributed by atoms with Gasteiger partial charge < -0.3 is 14.7 Å². The number of rotatable bonds is 2. The molecule has 2 bridgehead atoms. The number of benzene rings is 1. The summed E-state index contributed by atoms with van der Waals surface area (Å²) in [5, 5.41) is 10.0. The lowest BCUT2D eigenvalue weighted by Crippen LogP contribution is -2.65. The highest BCUT2D eigenvalue weighted by atomic mass is 16.5. The van der Waals surface area contributed by atoms with Crippen LogP contribution in [0.4, 0.5) is 0 Å². The second-order valence-corrected chi connectivity index (χ2v) is 9.61. The molecular formula is C23H33NO3. The number of phenolic OH excluding ortho intramolecular Hbond substituents is 1. The third-order valence-electron chi connectivity index (χ3n) is 8.22. The number of carbonyl (C=O) groups excluding carboxylic acids is 1. The molecule has 27 heavy (non-hydrogen) atoms. The average Bonchev–Trinajstić information content (AvgIpc) is 2.64. The van der Waals surface area contributed by atoms with Crippen molar-refractivity contribution >= 4 is 5.91 Å². The van der Waals surface area contributed by atoms with E-state index in [2.05, 4.69) is 31.7 Å². The van der Waals surface area contributed by atoms with Crippen molar-refractivity contribution in [3.63, 3.8) is 0 Å². The van der Waals surface area contributed by atoms with Crippen LogP contribution >= 0.6 is 0 Å². The van der Waals surface area contributed by atoms with Crippen molar-refractivity contribution in [2.45, 2.75) is 76.9 Å². The van der Waals surface area contributed by atoms with Gasteiger partial charge in [0.25, 0.3) is 0 Å². The Bertz CT molecular complexity index is 735. The van der Waals surface area contributed by atoms with Gasteiger partial charge in [0.15, 0.2) is 0 Å². The Morgan fingerprint density at radius 1 is 1.19 bits per heavy atom. The molecule has 1 aliphatic heterocycles. The molecule has 0 radical (unpaired) electrons. The average molecular weight is 372 g/mol. The molecule has 2 aliphatic carbocycles. The third kappa shape index (κ3) is 2.79. The lowest BCUT2D eigenvalue weighted by Gasteiger charge is -2.61. The summed E-state index contributed by atoms with van der Waals surface area (Å²) in [7, 11) is 1.77. The van der Waals surface area contributed by atoms with E-state index in [0.29, 0.717) is 17.8 Å². The van der Waals surface area contributed by atoms with Gasteiger partial charge in [-0.1, -0.05) is 26.8 Å². The van der Waals surface area contributed by atoms with Gasteiger partial charge in [-0.15, -0.1) is 0 Å². The SMILES string of the molecule is COC1CCC(C(=O)N2CCC3(C)c4ccc(O)cc4CC2C3(C)C)CC1. The van der Waals surface area contributed by atoms with E-state index >= 15 is 0 Å². The zero-order valence-electron chi connectivity index (χ0n) is 17.1. The molecule has 0 aromatic heterocycles. The second kappa shape index (κ2) is 6.51. The van der Waals surface area contributed by atoms with Gasteiger partial charge in [-0.05, 0) is 67.2 Å². The number of methoxy groups -OCH3 is 1. The Labute approximate surface area is 162 Å². The van der Waals surface area contributed by atoms with E-state index < -0.39 is 0 Å². The first-order valence-electron chi connectivity index (χ1n) is 10.4. The molecular weight excluding hydrogens is 338 g/mol. The maximum atomic E-state index is 13.5. The zero-order valence-corrected chi connectivity index (χ0v) is 17.1. The molecule has 0 spiro atoms. The molecule has 2 atom stereocenters. The highest BCUT2D eigenvalue weighted by Gasteiger charge is 2.57. The van der Waals surface area contributed by atoms with Crippen LogP contribution in [0.3, 0.4) is 0 Å². The minimum Gasteiger partial charge on any atom is -0.508 e. The van der Waals surface area contributed by atoms with Crippen LogP contribution in [-0.2, 0) is 21.4 Å². The second-order valence-electron chi connectivity index (χ2n) is 9.61. The Balaban J connectivity index is 1.62. The van der Waals surface area contributed by atoms with E-state index in [1.807, 2.05) is 12.1 Å². The van der Waals surface area contributed by atoms with Gasteiger partial charge in [0.2, 0.25) is 5.91 Å². The van der Waals surface area contributed by atoms with E-state index in [1.54, 1.807) is 7.11 Å². The molecule has 3 aliphatic rings. The number of carbonyl (C=O) groups is 1. The summed E-state index contributed by atoms with van der Waals surface area (Å²) in [5.41, 5.74) is 2.61. The lowest BCUT2D eigenvalue weighted by atomic mass is 9.51. The van der Waals surface area contributed by atoms with Gasteiger partial charge in [-0.3, -0.25) is 4.79 Å². The molecule has 1 N–H and O–H groups in total. The number of amides is 1. The summed E-state index contributed by atoms with van der Waals surface area (Å²) < 4.78 is 5.48. The summed E-state index contributed by atoms with van der Waals surface area (Å²) in [6.07, 6.45) is 6.00. The lowest BCUT2D eigenvalue weighted by molar-refractivity contribution is -0.150. The fraction of sp³-hybridized carbons (Fsp3) is 0.696. The van der Waals surface area contributed by atoms with Crippen molar-refractivity contribution in [3.05, 3.63) is 29.3 Å². The topological polar surface area (TPSA) is 49.8 Å². The predicted molar refractivity (Wildman–Crippen MR) is 106 cm³/mol. The van der Waals surface area contributed by atoms with Crippen LogP contribution in [0.5, 0.6) is 5.75 Å². The highest BCUT2D eigenvalue weighted by molar-refractivity contribution is 5.80. The number of hydrogen-bond acceptors (Lipinski definition) is 3. The fourth-order valence-electron chi connectivity index (χ4n) is 5.97. The Morgan fingerprint density at radius 3 is 2.56 bits per heavy atom. The molecule has 4 nitrogen and oxygen atoms in total. The van der Waals surface area contributed by atoms with Crippen LogP contribution in [0.2, 0.25) is 0 Å². The van der Waals surface area contributed by atoms with Crippen LogP contribution in [0.1, 0.15) is 64.0 Å². The van der Waals surface area contributed by atoms with E-state index in [0.717, 1.165) is 45.1 Å². The maximum Gasteiger partial charge on any atom is 0.225 e. The van der Waals surface area contributed by atoms with Crippen molar-refractivity contribution in [1.29, 1.82) is 0 Å². The maximum absolute atomic E-state index is 13.5. The van der Waals surface area contributed by atoms with Gasteiger partial charge in [0.05, 0.1) is 6.10 Å². The molecule has 1 aromatic carbocycles. The van der Waals surface area contributed by atoms with Crippen molar-refractivity contribution < 1.29 is 14.6 Å². The van der Waals surface area contributed by atoms with Gasteiger partial charge in [-0.2, -0.15) is 0 Å². The number of fused-ring (bicyclic) bond motifs is 4. The molecule has 4 heteroatoms. The van der Waals surface area contributed by atoms with Crippen LogP contribution in [0.25, 0.3) is 0 Å². The van der Waals surface area contributed by atoms with Gasteiger partial charge >= 0.3 is 0 Å². The van der Waals surface area contributed by atoms with Crippen LogP contribution in [0.15, 0.2) is 18.2 Å². The van der Waals surface area contributed by atoms with E-state index in [-0.39, 0.29) is 22.8 Å². The van der Waals surface area contributed by atoms with Crippen LogP contribution in [0, 0.1) is 11.3 Å². The minimum atomic E-state index is 0.00855. The number of phenols is 1. The summed E-state index contributed by atoms with van der Waals surface area (Å²) >= 11 is 0. The van der Waals surface area contributed by atoms with Gasteiger partial charge in [0, 0.05) is 31.0 Å². The number of aromatic hydroxyl groups is 1. The molecule has 4 rings (SSSR count). The number of hydrogen-bond donors (Lipinski definition) is 1. The van der Waals surface area contributed by atoms with Gasteiger partial charge in [-0.25, -0.2) is 0 Å². The fourth-order valence-corrected chi connectivity index (χ4v) is 5.97. The molecule has 2 fully saturated rings. The summed E-state index contributed by atoms with van der Waals surface area (Å²) in [4.78, 5) is 15.6. The highest BCUT2D eigenvalue weighted by Crippen LogP contribution is 2.56. The molecule has 2 unspecified atom stereocenters. The van der Waals surface area contributed by atoms with Gasteiger partial charge in [0.1, 0.15) is 5.75 Å². The first-order valence-corrected chi connectivity index (χ1v) is 10.4. The van der Waals surface area contributed by atoms with Crippen LogP contribution < -0.4 is 0 Å². The Hall–Kier alpha value is -1.55. The normalized spacial score (nSPS) is 34.8. The number of piperidine rings is 1. The third-order valence-corrected chi connectivity index (χ3v) is 8.22. The number of likely N-dealkylation sites (tertiary alicyclic amines) is 1. The summed E-state index contributed by atoms with van der Waals surface area (Å²) in [6.45, 7) is 7.85. The number of ether oxygens (including phenoxy) is 1. The largest absolute Gasteiger partial charge is 0.508 e.